The number of piperidine rings is 1. The molecule has 1 aliphatic heterocycles. The summed E-state index contributed by atoms with van der Waals surface area (Å²) in [6.07, 6.45) is 3.51. The minimum absolute atomic E-state index is 0.119. The van der Waals surface area contributed by atoms with Gasteiger partial charge in [0.05, 0.1) is 5.75 Å². The molecule has 2 amide bonds. The summed E-state index contributed by atoms with van der Waals surface area (Å²) in [7, 11) is 0. The van der Waals surface area contributed by atoms with Crippen molar-refractivity contribution >= 4 is 45.8 Å². The summed E-state index contributed by atoms with van der Waals surface area (Å²) in [6.45, 7) is 4.37. The highest BCUT2D eigenvalue weighted by atomic mass is 32.2. The van der Waals surface area contributed by atoms with Crippen LogP contribution in [0.5, 0.6) is 0 Å². The standard InChI is InChI=1S/C17H23N3O2S2/c1-11-4-3-5-12(2)20(11)17(23)24-10-15(21)19-14-8-6-13(7-9-14)16(18)22/h6-9,11-12H,3-5,10H2,1-2H3,(H2,18,22)(H,19,21)/t11-,12-/m1/s1. The van der Waals surface area contributed by atoms with Gasteiger partial charge in [-0.2, -0.15) is 0 Å². The number of carbonyl (C=O) groups excluding carboxylic acids is 2. The second-order valence-corrected chi connectivity index (χ2v) is 7.69. The van der Waals surface area contributed by atoms with Crippen LogP contribution in [-0.4, -0.2) is 38.9 Å². The van der Waals surface area contributed by atoms with E-state index in [1.54, 1.807) is 24.3 Å². The first-order valence-electron chi connectivity index (χ1n) is 8.03. The summed E-state index contributed by atoms with van der Waals surface area (Å²) in [4.78, 5) is 25.4. The van der Waals surface area contributed by atoms with E-state index in [4.69, 9.17) is 18.0 Å². The quantitative estimate of drug-likeness (QED) is 0.802. The van der Waals surface area contributed by atoms with Gasteiger partial charge in [0.15, 0.2) is 0 Å². The van der Waals surface area contributed by atoms with Crippen LogP contribution in [-0.2, 0) is 4.79 Å². The summed E-state index contributed by atoms with van der Waals surface area (Å²) < 4.78 is 0.786. The molecule has 0 saturated carbocycles. The van der Waals surface area contributed by atoms with Gasteiger partial charge in [-0.3, -0.25) is 9.59 Å². The molecule has 1 saturated heterocycles. The molecule has 1 aliphatic rings. The molecule has 1 aromatic carbocycles. The number of rotatable bonds is 4. The molecule has 0 unspecified atom stereocenters. The molecule has 1 fully saturated rings. The van der Waals surface area contributed by atoms with Gasteiger partial charge in [0.1, 0.15) is 4.32 Å². The van der Waals surface area contributed by atoms with E-state index in [9.17, 15) is 9.59 Å². The first kappa shape index (κ1) is 18.7. The van der Waals surface area contributed by atoms with Crippen molar-refractivity contribution in [2.24, 2.45) is 5.73 Å². The van der Waals surface area contributed by atoms with Gasteiger partial charge < -0.3 is 16.0 Å². The van der Waals surface area contributed by atoms with Crippen LogP contribution in [0, 0.1) is 0 Å². The van der Waals surface area contributed by atoms with E-state index in [0.29, 0.717) is 23.3 Å². The van der Waals surface area contributed by atoms with Crippen LogP contribution in [0.25, 0.3) is 0 Å². The number of anilines is 1. The number of benzene rings is 1. The molecule has 0 aliphatic carbocycles. The topological polar surface area (TPSA) is 75.4 Å². The first-order chi connectivity index (χ1) is 11.4. The number of thiocarbonyl (C=S) groups is 1. The predicted molar refractivity (Wildman–Crippen MR) is 103 cm³/mol. The first-order valence-corrected chi connectivity index (χ1v) is 9.42. The van der Waals surface area contributed by atoms with Crippen molar-refractivity contribution < 1.29 is 9.59 Å². The number of nitrogens with two attached hydrogens (primary N) is 1. The number of primary amides is 1. The fraction of sp³-hybridized carbons (Fsp3) is 0.471. The summed E-state index contributed by atoms with van der Waals surface area (Å²) in [5.74, 6) is -0.336. The highest BCUT2D eigenvalue weighted by molar-refractivity contribution is 8.23. The lowest BCUT2D eigenvalue weighted by atomic mass is 9.99. The Kier molecular flexibility index (Phi) is 6.62. The Morgan fingerprint density at radius 3 is 2.38 bits per heavy atom. The van der Waals surface area contributed by atoms with Crippen LogP contribution in [0.2, 0.25) is 0 Å². The van der Waals surface area contributed by atoms with Crippen molar-refractivity contribution in [3.8, 4) is 0 Å². The van der Waals surface area contributed by atoms with Gasteiger partial charge in [0, 0.05) is 23.3 Å². The molecule has 7 heteroatoms. The van der Waals surface area contributed by atoms with Gasteiger partial charge in [-0.25, -0.2) is 0 Å². The zero-order chi connectivity index (χ0) is 17.7. The number of nitrogens with one attached hydrogen (secondary N) is 1. The van der Waals surface area contributed by atoms with E-state index in [1.807, 2.05) is 0 Å². The highest BCUT2D eigenvalue weighted by Gasteiger charge is 2.27. The largest absolute Gasteiger partial charge is 0.366 e. The smallest absolute Gasteiger partial charge is 0.248 e. The number of likely N-dealkylation sites (tertiary alicyclic amines) is 1. The van der Waals surface area contributed by atoms with Crippen molar-refractivity contribution in [2.45, 2.75) is 45.2 Å². The van der Waals surface area contributed by atoms with Crippen molar-refractivity contribution in [3.63, 3.8) is 0 Å². The van der Waals surface area contributed by atoms with Crippen molar-refractivity contribution in [3.05, 3.63) is 29.8 Å². The lowest BCUT2D eigenvalue weighted by Gasteiger charge is -2.40. The normalized spacial score (nSPS) is 20.5. The fourth-order valence-corrected chi connectivity index (χ4v) is 4.27. The maximum atomic E-state index is 12.1. The lowest BCUT2D eigenvalue weighted by molar-refractivity contribution is -0.113. The third-order valence-electron chi connectivity index (χ3n) is 4.18. The van der Waals surface area contributed by atoms with Gasteiger partial charge >= 0.3 is 0 Å². The minimum Gasteiger partial charge on any atom is -0.366 e. The molecule has 3 N–H and O–H groups in total. The summed E-state index contributed by atoms with van der Waals surface area (Å²) in [5.41, 5.74) is 6.24. The second kappa shape index (κ2) is 8.48. The van der Waals surface area contributed by atoms with E-state index in [2.05, 4.69) is 24.1 Å². The number of amides is 2. The van der Waals surface area contributed by atoms with Gasteiger partial charge in [-0.15, -0.1) is 0 Å². The Balaban J connectivity index is 1.84. The molecular formula is C17H23N3O2S2. The van der Waals surface area contributed by atoms with Crippen LogP contribution in [0.3, 0.4) is 0 Å². The van der Waals surface area contributed by atoms with E-state index in [0.717, 1.165) is 17.2 Å². The summed E-state index contributed by atoms with van der Waals surface area (Å²) >= 11 is 6.91. The maximum Gasteiger partial charge on any atom is 0.248 e. The second-order valence-electron chi connectivity index (χ2n) is 6.08. The molecule has 2 atom stereocenters. The van der Waals surface area contributed by atoms with Crippen molar-refractivity contribution in [2.75, 3.05) is 11.1 Å². The Bertz CT molecular complexity index is 609. The number of hydrogen-bond donors (Lipinski definition) is 2. The Hall–Kier alpha value is -1.60. The molecule has 1 aromatic rings. The Morgan fingerprint density at radius 1 is 1.25 bits per heavy atom. The highest BCUT2D eigenvalue weighted by Crippen LogP contribution is 2.26. The molecule has 0 bridgehead atoms. The van der Waals surface area contributed by atoms with Crippen LogP contribution in [0.4, 0.5) is 5.69 Å². The third kappa shape index (κ3) is 4.95. The van der Waals surface area contributed by atoms with Gasteiger partial charge in [-0.1, -0.05) is 24.0 Å². The Morgan fingerprint density at radius 2 is 1.83 bits per heavy atom. The van der Waals surface area contributed by atoms with Crippen LogP contribution >= 0.6 is 24.0 Å². The fourth-order valence-electron chi connectivity index (χ4n) is 2.90. The average molecular weight is 366 g/mol. The van der Waals surface area contributed by atoms with Gasteiger partial charge in [0.2, 0.25) is 11.8 Å². The van der Waals surface area contributed by atoms with Crippen LogP contribution in [0.15, 0.2) is 24.3 Å². The number of carbonyl (C=O) groups is 2. The van der Waals surface area contributed by atoms with Crippen LogP contribution < -0.4 is 11.1 Å². The van der Waals surface area contributed by atoms with E-state index >= 15 is 0 Å². The number of nitrogens with zero attached hydrogens (tertiary/aromatic N) is 1. The van der Waals surface area contributed by atoms with E-state index < -0.39 is 5.91 Å². The molecule has 0 spiro atoms. The monoisotopic (exact) mass is 365 g/mol. The molecule has 0 aromatic heterocycles. The zero-order valence-corrected chi connectivity index (χ0v) is 15.6. The maximum absolute atomic E-state index is 12.1. The van der Waals surface area contributed by atoms with Gasteiger partial charge in [0.25, 0.3) is 0 Å². The minimum atomic E-state index is -0.487. The molecule has 130 valence electrons. The average Bonchev–Trinajstić information content (AvgIpc) is 2.53. The summed E-state index contributed by atoms with van der Waals surface area (Å²) in [5, 5.41) is 2.80. The molecule has 24 heavy (non-hydrogen) atoms. The number of thioether (sulfide) groups is 1. The van der Waals surface area contributed by atoms with E-state index in [-0.39, 0.29) is 11.7 Å². The lowest BCUT2D eigenvalue weighted by Crippen LogP contribution is -2.45. The molecular weight excluding hydrogens is 342 g/mol. The number of hydrogen-bond acceptors (Lipinski definition) is 4. The summed E-state index contributed by atoms with van der Waals surface area (Å²) in [6, 6.07) is 7.36. The van der Waals surface area contributed by atoms with Crippen molar-refractivity contribution in [1.29, 1.82) is 0 Å². The molecule has 0 radical (unpaired) electrons. The molecule has 5 nitrogen and oxygen atoms in total. The van der Waals surface area contributed by atoms with Gasteiger partial charge in [-0.05, 0) is 57.4 Å². The van der Waals surface area contributed by atoms with E-state index in [1.165, 1.54) is 18.2 Å². The molecule has 2 rings (SSSR count). The third-order valence-corrected chi connectivity index (χ3v) is 5.61. The van der Waals surface area contributed by atoms with Crippen molar-refractivity contribution in [1.82, 2.24) is 4.90 Å². The zero-order valence-electron chi connectivity index (χ0n) is 14.0. The van der Waals surface area contributed by atoms with Crippen LogP contribution in [0.1, 0.15) is 43.5 Å². The SMILES string of the molecule is C[C@@H]1CCC[C@@H](C)N1C(=S)SCC(=O)Nc1ccc(C(N)=O)cc1. The Labute approximate surface area is 152 Å². The predicted octanol–water partition coefficient (Wildman–Crippen LogP) is 3.01. The molecule has 1 heterocycles.